The lowest BCUT2D eigenvalue weighted by Gasteiger charge is -2.31. The first-order valence-electron chi connectivity index (χ1n) is 12.0. The number of halogens is 2. The minimum atomic E-state index is -0.977. The third-order valence-electron chi connectivity index (χ3n) is 5.93. The van der Waals surface area contributed by atoms with Crippen LogP contribution < -0.4 is 20.9 Å². The lowest BCUT2D eigenvalue weighted by atomic mass is 9.97. The smallest absolute Gasteiger partial charge is 0.328 e. The van der Waals surface area contributed by atoms with Gasteiger partial charge in [0.1, 0.15) is 17.3 Å². The largest absolute Gasteiger partial charge is 0.394 e. The molecule has 2 heterocycles. The molecule has 1 aliphatic rings. The summed E-state index contributed by atoms with van der Waals surface area (Å²) < 4.78 is 29.6. The minimum Gasteiger partial charge on any atom is -0.394 e. The van der Waals surface area contributed by atoms with Crippen LogP contribution in [0.5, 0.6) is 0 Å². The van der Waals surface area contributed by atoms with Crippen molar-refractivity contribution >= 4 is 29.4 Å². The van der Waals surface area contributed by atoms with Crippen molar-refractivity contribution in [2.75, 3.05) is 23.4 Å². The van der Waals surface area contributed by atoms with Crippen LogP contribution in [-0.2, 0) is 6.54 Å². The number of urea groups is 1. The van der Waals surface area contributed by atoms with E-state index >= 15 is 0 Å². The van der Waals surface area contributed by atoms with Crippen molar-refractivity contribution in [3.05, 3.63) is 64.7 Å². The van der Waals surface area contributed by atoms with Gasteiger partial charge >= 0.3 is 6.03 Å². The van der Waals surface area contributed by atoms with E-state index < -0.39 is 42.6 Å². The molecule has 38 heavy (non-hydrogen) atoms. The highest BCUT2D eigenvalue weighted by atomic mass is 19.1. The van der Waals surface area contributed by atoms with Crippen LogP contribution in [0.25, 0.3) is 11.3 Å². The quantitative estimate of drug-likeness (QED) is 0.304. The number of benzene rings is 2. The first-order chi connectivity index (χ1) is 18.1. The number of aliphatic hydroxyl groups excluding tert-OH is 2. The van der Waals surface area contributed by atoms with E-state index in [1.807, 2.05) is 13.8 Å². The maximum Gasteiger partial charge on any atom is 0.328 e. The van der Waals surface area contributed by atoms with E-state index in [0.29, 0.717) is 22.4 Å². The third-order valence-corrected chi connectivity index (χ3v) is 5.93. The molecule has 3 aromatic rings. The van der Waals surface area contributed by atoms with Gasteiger partial charge in [-0.3, -0.25) is 4.79 Å². The van der Waals surface area contributed by atoms with Crippen molar-refractivity contribution < 1.29 is 28.6 Å². The summed E-state index contributed by atoms with van der Waals surface area (Å²) in [6.45, 7) is 4.51. The zero-order chi connectivity index (χ0) is 27.6. The molecule has 0 atom stereocenters. The molecule has 4 rings (SSSR count). The SMILES string of the molecule is Cc1ccc(C(=O)NC(C)C)cc1-c1nc(NC(CO)CO)nc2c1CNC(=O)N2c1c(F)cccc1F. The lowest BCUT2D eigenvalue weighted by molar-refractivity contribution is 0.0943. The number of carbonyl (C=O) groups is 2. The predicted octanol–water partition coefficient (Wildman–Crippen LogP) is 2.99. The Labute approximate surface area is 217 Å². The molecule has 0 radical (unpaired) electrons. The van der Waals surface area contributed by atoms with Gasteiger partial charge < -0.3 is 26.2 Å². The summed E-state index contributed by atoms with van der Waals surface area (Å²) in [4.78, 5) is 35.4. The molecule has 0 spiro atoms. The van der Waals surface area contributed by atoms with Gasteiger partial charge in [0.05, 0.1) is 31.5 Å². The molecule has 1 aromatic heterocycles. The second kappa shape index (κ2) is 11.1. The van der Waals surface area contributed by atoms with Gasteiger partial charge in [-0.25, -0.2) is 23.5 Å². The molecular formula is C26H28F2N6O4. The predicted molar refractivity (Wildman–Crippen MR) is 137 cm³/mol. The van der Waals surface area contributed by atoms with Crippen molar-refractivity contribution in [3.8, 4) is 11.3 Å². The first kappa shape index (κ1) is 26.9. The van der Waals surface area contributed by atoms with Gasteiger partial charge in [0.25, 0.3) is 5.91 Å². The van der Waals surface area contributed by atoms with E-state index in [1.54, 1.807) is 25.1 Å². The van der Waals surface area contributed by atoms with Gasteiger partial charge in [0.2, 0.25) is 5.95 Å². The normalized spacial score (nSPS) is 13.0. The Kier molecular flexibility index (Phi) is 7.83. The Hall–Kier alpha value is -4.16. The molecule has 12 heteroatoms. The fraction of sp³-hybridized carbons (Fsp3) is 0.308. The standard InChI is InChI=1S/C26H28F2N6O4/c1-13(2)30-24(37)15-8-7-14(3)17(9-15)21-18-10-29-26(38)34(22-19(27)5-4-6-20(22)28)23(18)33-25(32-21)31-16(11-35)12-36/h4-9,13,16,35-36H,10-12H2,1-3H3,(H,29,38)(H,30,37)(H,31,32,33). The molecule has 5 N–H and O–H groups in total. The van der Waals surface area contributed by atoms with Gasteiger partial charge in [0.15, 0.2) is 5.82 Å². The Morgan fingerprint density at radius 1 is 1.13 bits per heavy atom. The monoisotopic (exact) mass is 526 g/mol. The van der Waals surface area contributed by atoms with Gasteiger partial charge in [-0.15, -0.1) is 0 Å². The van der Waals surface area contributed by atoms with Gasteiger partial charge in [0, 0.05) is 22.7 Å². The summed E-state index contributed by atoms with van der Waals surface area (Å²) in [7, 11) is 0. The number of rotatable bonds is 8. The van der Waals surface area contributed by atoms with Crippen LogP contribution >= 0.6 is 0 Å². The molecule has 0 aliphatic carbocycles. The van der Waals surface area contributed by atoms with Crippen LogP contribution in [0.3, 0.4) is 0 Å². The summed E-state index contributed by atoms with van der Waals surface area (Å²) in [6, 6.07) is 6.53. The topological polar surface area (TPSA) is 140 Å². The molecule has 0 bridgehead atoms. The number of aryl methyl sites for hydroxylation is 1. The van der Waals surface area contributed by atoms with Crippen molar-refractivity contribution in [2.24, 2.45) is 0 Å². The highest BCUT2D eigenvalue weighted by Gasteiger charge is 2.34. The summed E-state index contributed by atoms with van der Waals surface area (Å²) in [6.07, 6.45) is 0. The molecule has 1 aliphatic heterocycles. The number of hydrogen-bond donors (Lipinski definition) is 5. The second-order valence-electron chi connectivity index (χ2n) is 9.13. The number of aromatic nitrogens is 2. The average Bonchev–Trinajstić information content (AvgIpc) is 2.87. The number of para-hydroxylation sites is 1. The lowest BCUT2D eigenvalue weighted by Crippen LogP contribution is -2.43. The number of anilines is 3. The summed E-state index contributed by atoms with van der Waals surface area (Å²) in [5.74, 6) is -2.44. The highest BCUT2D eigenvalue weighted by Crippen LogP contribution is 2.39. The Balaban J connectivity index is 1.96. The van der Waals surface area contributed by atoms with Crippen LogP contribution in [0.2, 0.25) is 0 Å². The van der Waals surface area contributed by atoms with E-state index in [0.717, 1.165) is 22.6 Å². The highest BCUT2D eigenvalue weighted by molar-refractivity contribution is 6.02. The molecule has 10 nitrogen and oxygen atoms in total. The molecule has 0 saturated heterocycles. The number of amides is 3. The fourth-order valence-electron chi connectivity index (χ4n) is 4.05. The molecular weight excluding hydrogens is 498 g/mol. The van der Waals surface area contributed by atoms with Crippen molar-refractivity contribution in [3.63, 3.8) is 0 Å². The summed E-state index contributed by atoms with van der Waals surface area (Å²) in [5.41, 5.74) is 1.65. The molecule has 2 aromatic carbocycles. The number of nitrogens with zero attached hydrogens (tertiary/aromatic N) is 3. The van der Waals surface area contributed by atoms with E-state index in [4.69, 9.17) is 0 Å². The maximum absolute atomic E-state index is 14.8. The van der Waals surface area contributed by atoms with Crippen LogP contribution in [0.4, 0.5) is 31.0 Å². The van der Waals surface area contributed by atoms with E-state index in [2.05, 4.69) is 25.9 Å². The molecule has 0 fully saturated rings. The maximum atomic E-state index is 14.8. The summed E-state index contributed by atoms with van der Waals surface area (Å²) in [5, 5.41) is 27.4. The number of nitrogens with one attached hydrogen (secondary N) is 3. The Morgan fingerprint density at radius 2 is 1.82 bits per heavy atom. The third kappa shape index (κ3) is 5.27. The van der Waals surface area contributed by atoms with Crippen molar-refractivity contribution in [1.29, 1.82) is 0 Å². The summed E-state index contributed by atoms with van der Waals surface area (Å²) >= 11 is 0. The Morgan fingerprint density at radius 3 is 2.45 bits per heavy atom. The zero-order valence-corrected chi connectivity index (χ0v) is 21.0. The zero-order valence-electron chi connectivity index (χ0n) is 21.0. The van der Waals surface area contributed by atoms with Gasteiger partial charge in [-0.1, -0.05) is 12.1 Å². The van der Waals surface area contributed by atoms with Crippen LogP contribution in [-0.4, -0.2) is 57.4 Å². The van der Waals surface area contributed by atoms with Crippen molar-refractivity contribution in [1.82, 2.24) is 20.6 Å². The van der Waals surface area contributed by atoms with Crippen LogP contribution in [0.15, 0.2) is 36.4 Å². The Bertz CT molecular complexity index is 1360. The van der Waals surface area contributed by atoms with Crippen molar-refractivity contribution in [2.45, 2.75) is 39.4 Å². The molecule has 3 amide bonds. The minimum absolute atomic E-state index is 0.0539. The van der Waals surface area contributed by atoms with Crippen LogP contribution in [0, 0.1) is 18.6 Å². The number of aliphatic hydroxyl groups is 2. The van der Waals surface area contributed by atoms with Gasteiger partial charge in [-0.05, 0) is 50.6 Å². The van der Waals surface area contributed by atoms with E-state index in [1.165, 1.54) is 6.07 Å². The van der Waals surface area contributed by atoms with Gasteiger partial charge in [-0.2, -0.15) is 4.98 Å². The van der Waals surface area contributed by atoms with E-state index in [9.17, 15) is 28.6 Å². The number of fused-ring (bicyclic) bond motifs is 1. The second-order valence-corrected chi connectivity index (χ2v) is 9.13. The number of hydrogen-bond acceptors (Lipinski definition) is 7. The van der Waals surface area contributed by atoms with Crippen LogP contribution in [0.1, 0.15) is 35.3 Å². The average molecular weight is 527 g/mol. The fourth-order valence-corrected chi connectivity index (χ4v) is 4.05. The molecule has 0 saturated carbocycles. The molecule has 200 valence electrons. The number of carbonyl (C=O) groups excluding carboxylic acids is 2. The van der Waals surface area contributed by atoms with E-state index in [-0.39, 0.29) is 30.3 Å². The first-order valence-corrected chi connectivity index (χ1v) is 12.0. The molecule has 0 unspecified atom stereocenters.